The maximum Gasteiger partial charge on any atom is 0.219 e. The van der Waals surface area contributed by atoms with Gasteiger partial charge in [0.05, 0.1) is 5.56 Å². The van der Waals surface area contributed by atoms with Gasteiger partial charge in [0.1, 0.15) is 6.29 Å². The number of aromatic nitrogens is 2. The van der Waals surface area contributed by atoms with Gasteiger partial charge in [-0.2, -0.15) is 0 Å². The number of hydrogen-bond donors (Lipinski definition) is 1. The summed E-state index contributed by atoms with van der Waals surface area (Å²) in [6, 6.07) is 5.39. The number of carbonyl (C=O) groups excluding carboxylic acids is 1. The number of benzene rings is 1. The Kier molecular flexibility index (Phi) is 3.35. The number of nitrogen functional groups attached to an aromatic ring is 1. The molecule has 1 heterocycles. The lowest BCUT2D eigenvalue weighted by molar-refractivity contribution is 0.112. The molecule has 2 rings (SSSR count). The van der Waals surface area contributed by atoms with Crippen LogP contribution in [0, 0.1) is 18.8 Å². The molecule has 0 aliphatic heterocycles. The van der Waals surface area contributed by atoms with Crippen molar-refractivity contribution in [1.82, 2.24) is 9.97 Å². The standard InChI is InChI=1S/C14H11N3O/c1-10-2-3-11(9-18)6-13(10)5-4-12-7-16-14(15)17-8-12/h2-3,6-9H,1H3,(H2,15,16,17). The van der Waals surface area contributed by atoms with E-state index >= 15 is 0 Å². The molecule has 0 fully saturated rings. The van der Waals surface area contributed by atoms with E-state index in [1.807, 2.05) is 13.0 Å². The molecule has 4 heteroatoms. The summed E-state index contributed by atoms with van der Waals surface area (Å²) in [6.07, 6.45) is 3.93. The van der Waals surface area contributed by atoms with Crippen molar-refractivity contribution in [3.63, 3.8) is 0 Å². The van der Waals surface area contributed by atoms with E-state index in [1.54, 1.807) is 24.5 Å². The Balaban J connectivity index is 2.34. The molecule has 1 aromatic heterocycles. The molecule has 2 aromatic rings. The van der Waals surface area contributed by atoms with Gasteiger partial charge in [-0.25, -0.2) is 9.97 Å². The van der Waals surface area contributed by atoms with E-state index in [4.69, 9.17) is 5.73 Å². The summed E-state index contributed by atoms with van der Waals surface area (Å²) in [5.74, 6) is 6.15. The van der Waals surface area contributed by atoms with E-state index in [0.717, 1.165) is 17.4 Å². The first-order valence-electron chi connectivity index (χ1n) is 5.34. The molecular formula is C14H11N3O. The third-order valence-corrected chi connectivity index (χ3v) is 2.41. The third kappa shape index (κ3) is 2.71. The van der Waals surface area contributed by atoms with Gasteiger partial charge in [-0.1, -0.05) is 24.0 Å². The number of rotatable bonds is 1. The number of hydrogen-bond acceptors (Lipinski definition) is 4. The van der Waals surface area contributed by atoms with Crippen LogP contribution in [0.1, 0.15) is 27.0 Å². The van der Waals surface area contributed by atoms with Crippen molar-refractivity contribution in [3.8, 4) is 11.8 Å². The molecule has 1 aromatic carbocycles. The van der Waals surface area contributed by atoms with Gasteiger partial charge in [-0.05, 0) is 18.6 Å². The van der Waals surface area contributed by atoms with Crippen LogP contribution in [0.4, 0.5) is 5.95 Å². The Hall–Kier alpha value is -2.67. The summed E-state index contributed by atoms with van der Waals surface area (Å²) in [4.78, 5) is 18.4. The quantitative estimate of drug-likeness (QED) is 0.604. The van der Waals surface area contributed by atoms with Crippen molar-refractivity contribution >= 4 is 12.2 Å². The average Bonchev–Trinajstić information content (AvgIpc) is 2.40. The van der Waals surface area contributed by atoms with Crippen molar-refractivity contribution in [2.75, 3.05) is 5.73 Å². The first kappa shape index (κ1) is 11.8. The maximum atomic E-state index is 10.7. The van der Waals surface area contributed by atoms with E-state index in [1.165, 1.54) is 0 Å². The monoisotopic (exact) mass is 237 g/mol. The highest BCUT2D eigenvalue weighted by atomic mass is 16.1. The zero-order valence-electron chi connectivity index (χ0n) is 9.84. The molecule has 2 N–H and O–H groups in total. The molecule has 0 bridgehead atoms. The van der Waals surface area contributed by atoms with Gasteiger partial charge in [-0.15, -0.1) is 0 Å². The van der Waals surface area contributed by atoms with Gasteiger partial charge in [-0.3, -0.25) is 4.79 Å². The van der Waals surface area contributed by atoms with Crippen LogP contribution in [-0.4, -0.2) is 16.3 Å². The fourth-order valence-corrected chi connectivity index (χ4v) is 1.39. The summed E-state index contributed by atoms with van der Waals surface area (Å²) in [5, 5.41) is 0. The molecule has 0 atom stereocenters. The van der Waals surface area contributed by atoms with Crippen LogP contribution < -0.4 is 5.73 Å². The molecule has 0 amide bonds. The molecule has 0 aliphatic carbocycles. The average molecular weight is 237 g/mol. The van der Waals surface area contributed by atoms with Crippen molar-refractivity contribution in [2.24, 2.45) is 0 Å². The summed E-state index contributed by atoms with van der Waals surface area (Å²) < 4.78 is 0. The summed E-state index contributed by atoms with van der Waals surface area (Å²) in [6.45, 7) is 1.94. The summed E-state index contributed by atoms with van der Waals surface area (Å²) in [5.41, 5.74) is 8.51. The number of aryl methyl sites for hydroxylation is 1. The van der Waals surface area contributed by atoms with Crippen LogP contribution in [0.3, 0.4) is 0 Å². The van der Waals surface area contributed by atoms with Crippen LogP contribution >= 0.6 is 0 Å². The lowest BCUT2D eigenvalue weighted by atomic mass is 10.1. The number of nitrogens with two attached hydrogens (primary N) is 1. The summed E-state index contributed by atoms with van der Waals surface area (Å²) in [7, 11) is 0. The van der Waals surface area contributed by atoms with Crippen LogP contribution in [0.5, 0.6) is 0 Å². The topological polar surface area (TPSA) is 68.9 Å². The van der Waals surface area contributed by atoms with Gasteiger partial charge in [0.2, 0.25) is 5.95 Å². The maximum absolute atomic E-state index is 10.7. The van der Waals surface area contributed by atoms with Crippen LogP contribution in [0.25, 0.3) is 0 Å². The number of aldehydes is 1. The van der Waals surface area contributed by atoms with Crippen LogP contribution in [0.2, 0.25) is 0 Å². The van der Waals surface area contributed by atoms with Crippen molar-refractivity contribution < 1.29 is 4.79 Å². The normalized spacial score (nSPS) is 9.39. The Morgan fingerprint density at radius 2 is 1.94 bits per heavy atom. The number of anilines is 1. The Labute approximate surface area is 105 Å². The van der Waals surface area contributed by atoms with E-state index in [2.05, 4.69) is 21.8 Å². The Morgan fingerprint density at radius 1 is 1.22 bits per heavy atom. The predicted molar refractivity (Wildman–Crippen MR) is 69.0 cm³/mol. The SMILES string of the molecule is Cc1ccc(C=O)cc1C#Cc1cnc(N)nc1. The lowest BCUT2D eigenvalue weighted by Gasteiger charge is -1.98. The predicted octanol–water partition coefficient (Wildman–Crippen LogP) is 1.58. The highest BCUT2D eigenvalue weighted by Gasteiger charge is 1.97. The van der Waals surface area contributed by atoms with E-state index in [-0.39, 0.29) is 5.95 Å². The number of nitrogens with zero attached hydrogens (tertiary/aromatic N) is 2. The smallest absolute Gasteiger partial charge is 0.219 e. The molecule has 0 aliphatic rings. The fourth-order valence-electron chi connectivity index (χ4n) is 1.39. The molecule has 88 valence electrons. The van der Waals surface area contributed by atoms with Crippen LogP contribution in [0.15, 0.2) is 30.6 Å². The minimum absolute atomic E-state index is 0.222. The summed E-state index contributed by atoms with van der Waals surface area (Å²) >= 11 is 0. The zero-order chi connectivity index (χ0) is 13.0. The van der Waals surface area contributed by atoms with Gasteiger partial charge >= 0.3 is 0 Å². The molecule has 4 nitrogen and oxygen atoms in total. The van der Waals surface area contributed by atoms with Gasteiger partial charge < -0.3 is 5.73 Å². The second kappa shape index (κ2) is 5.11. The Bertz CT molecular complexity index is 636. The van der Waals surface area contributed by atoms with Crippen molar-refractivity contribution in [1.29, 1.82) is 0 Å². The molecule has 0 saturated heterocycles. The lowest BCUT2D eigenvalue weighted by Crippen LogP contribution is -1.93. The minimum Gasteiger partial charge on any atom is -0.368 e. The number of carbonyl (C=O) groups is 1. The van der Waals surface area contributed by atoms with Crippen LogP contribution in [-0.2, 0) is 0 Å². The molecule has 0 saturated carbocycles. The molecule has 0 spiro atoms. The van der Waals surface area contributed by atoms with Gasteiger partial charge in [0.25, 0.3) is 0 Å². The van der Waals surface area contributed by atoms with Crippen molar-refractivity contribution in [2.45, 2.75) is 6.92 Å². The van der Waals surface area contributed by atoms with Crippen molar-refractivity contribution in [3.05, 3.63) is 52.8 Å². The third-order valence-electron chi connectivity index (χ3n) is 2.41. The highest BCUT2D eigenvalue weighted by Crippen LogP contribution is 2.09. The largest absolute Gasteiger partial charge is 0.368 e. The second-order valence-corrected chi connectivity index (χ2v) is 3.77. The molecule has 0 radical (unpaired) electrons. The van der Waals surface area contributed by atoms with E-state index in [0.29, 0.717) is 11.1 Å². The first-order valence-corrected chi connectivity index (χ1v) is 5.34. The first-order chi connectivity index (χ1) is 8.69. The minimum atomic E-state index is 0.222. The molecule has 0 unspecified atom stereocenters. The fraction of sp³-hybridized carbons (Fsp3) is 0.0714. The van der Waals surface area contributed by atoms with E-state index in [9.17, 15) is 4.79 Å². The highest BCUT2D eigenvalue weighted by molar-refractivity contribution is 5.76. The van der Waals surface area contributed by atoms with Gasteiger partial charge in [0.15, 0.2) is 0 Å². The Morgan fingerprint density at radius 3 is 2.61 bits per heavy atom. The van der Waals surface area contributed by atoms with E-state index < -0.39 is 0 Å². The second-order valence-electron chi connectivity index (χ2n) is 3.77. The van der Waals surface area contributed by atoms with Gasteiger partial charge in [0, 0.05) is 23.5 Å². The zero-order valence-corrected chi connectivity index (χ0v) is 9.84. The molecular weight excluding hydrogens is 226 g/mol. The molecule has 18 heavy (non-hydrogen) atoms.